The SMILES string of the molecule is COc1cc(C=CCNC(=O)OC(C)(C)C)ccc1F. The molecule has 0 spiro atoms. The first kappa shape index (κ1) is 16.0. The predicted octanol–water partition coefficient (Wildman–Crippen LogP) is 3.37. The lowest BCUT2D eigenvalue weighted by Gasteiger charge is -2.19. The monoisotopic (exact) mass is 281 g/mol. The van der Waals surface area contributed by atoms with E-state index in [2.05, 4.69) is 5.32 Å². The van der Waals surface area contributed by atoms with Gasteiger partial charge in [0, 0.05) is 6.54 Å². The van der Waals surface area contributed by atoms with Crippen LogP contribution in [0, 0.1) is 5.82 Å². The lowest BCUT2D eigenvalue weighted by Crippen LogP contribution is -2.32. The van der Waals surface area contributed by atoms with Gasteiger partial charge in [0.1, 0.15) is 5.60 Å². The van der Waals surface area contributed by atoms with E-state index in [1.165, 1.54) is 13.2 Å². The minimum absolute atomic E-state index is 0.187. The summed E-state index contributed by atoms with van der Waals surface area (Å²) in [7, 11) is 1.41. The highest BCUT2D eigenvalue weighted by Crippen LogP contribution is 2.18. The van der Waals surface area contributed by atoms with Crippen LogP contribution in [0.3, 0.4) is 0 Å². The average molecular weight is 281 g/mol. The van der Waals surface area contributed by atoms with E-state index in [0.717, 1.165) is 5.56 Å². The fraction of sp³-hybridized carbons (Fsp3) is 0.400. The van der Waals surface area contributed by atoms with Crippen molar-refractivity contribution in [2.45, 2.75) is 26.4 Å². The molecule has 1 aromatic rings. The van der Waals surface area contributed by atoms with E-state index in [1.54, 1.807) is 45.1 Å². The molecule has 5 heteroatoms. The number of carbonyl (C=O) groups excluding carboxylic acids is 1. The summed E-state index contributed by atoms with van der Waals surface area (Å²) in [5, 5.41) is 2.60. The smallest absolute Gasteiger partial charge is 0.407 e. The summed E-state index contributed by atoms with van der Waals surface area (Å²) in [6.07, 6.45) is 3.04. The Morgan fingerprint density at radius 1 is 1.40 bits per heavy atom. The van der Waals surface area contributed by atoms with Crippen LogP contribution in [0.15, 0.2) is 24.3 Å². The lowest BCUT2D eigenvalue weighted by molar-refractivity contribution is 0.0534. The summed E-state index contributed by atoms with van der Waals surface area (Å²) in [6.45, 7) is 5.72. The van der Waals surface area contributed by atoms with Gasteiger partial charge in [0.2, 0.25) is 0 Å². The Bertz CT molecular complexity index is 492. The summed E-state index contributed by atoms with van der Waals surface area (Å²) in [4.78, 5) is 11.4. The normalized spacial score (nSPS) is 11.4. The number of rotatable bonds is 4. The van der Waals surface area contributed by atoms with Crippen LogP contribution in [-0.4, -0.2) is 25.3 Å². The van der Waals surface area contributed by atoms with Gasteiger partial charge in [-0.3, -0.25) is 0 Å². The molecule has 0 aliphatic heterocycles. The zero-order valence-electron chi connectivity index (χ0n) is 12.2. The molecule has 0 unspecified atom stereocenters. The van der Waals surface area contributed by atoms with Gasteiger partial charge in [-0.1, -0.05) is 18.2 Å². The molecule has 20 heavy (non-hydrogen) atoms. The van der Waals surface area contributed by atoms with Gasteiger partial charge in [-0.2, -0.15) is 0 Å². The van der Waals surface area contributed by atoms with Gasteiger partial charge in [-0.25, -0.2) is 9.18 Å². The number of nitrogens with one attached hydrogen (secondary N) is 1. The standard InChI is InChI=1S/C15H20FNO3/c1-15(2,3)20-14(18)17-9-5-6-11-7-8-12(16)13(10-11)19-4/h5-8,10H,9H2,1-4H3,(H,17,18). The Balaban J connectivity index is 2.47. The fourth-order valence-electron chi connectivity index (χ4n) is 1.43. The minimum Gasteiger partial charge on any atom is -0.494 e. The molecule has 0 atom stereocenters. The Labute approximate surface area is 118 Å². The molecule has 0 radical (unpaired) electrons. The van der Waals surface area contributed by atoms with Crippen molar-refractivity contribution in [2.75, 3.05) is 13.7 Å². The predicted molar refractivity (Wildman–Crippen MR) is 76.2 cm³/mol. The third-order valence-electron chi connectivity index (χ3n) is 2.25. The van der Waals surface area contributed by atoms with E-state index >= 15 is 0 Å². The van der Waals surface area contributed by atoms with Crippen LogP contribution >= 0.6 is 0 Å². The van der Waals surface area contributed by atoms with Crippen LogP contribution in [0.2, 0.25) is 0 Å². The maximum Gasteiger partial charge on any atom is 0.407 e. The van der Waals surface area contributed by atoms with Crippen LogP contribution < -0.4 is 10.1 Å². The number of alkyl carbamates (subject to hydrolysis) is 1. The zero-order chi connectivity index (χ0) is 15.2. The van der Waals surface area contributed by atoms with Crippen molar-refractivity contribution in [3.8, 4) is 5.75 Å². The second-order valence-corrected chi connectivity index (χ2v) is 5.18. The number of carbonyl (C=O) groups is 1. The molecule has 0 fully saturated rings. The maximum absolute atomic E-state index is 13.2. The number of hydrogen-bond acceptors (Lipinski definition) is 3. The highest BCUT2D eigenvalue weighted by molar-refractivity contribution is 5.68. The first-order chi connectivity index (χ1) is 9.31. The minimum atomic E-state index is -0.516. The van der Waals surface area contributed by atoms with Crippen LogP contribution in [0.4, 0.5) is 9.18 Å². The largest absolute Gasteiger partial charge is 0.494 e. The Morgan fingerprint density at radius 2 is 2.10 bits per heavy atom. The Kier molecular flexibility index (Phi) is 5.55. The van der Waals surface area contributed by atoms with Gasteiger partial charge in [0.05, 0.1) is 7.11 Å². The molecular weight excluding hydrogens is 261 g/mol. The molecular formula is C15H20FNO3. The van der Waals surface area contributed by atoms with Crippen molar-refractivity contribution in [1.82, 2.24) is 5.32 Å². The first-order valence-corrected chi connectivity index (χ1v) is 6.29. The number of hydrogen-bond donors (Lipinski definition) is 1. The van der Waals surface area contributed by atoms with E-state index < -0.39 is 17.5 Å². The summed E-state index contributed by atoms with van der Waals surface area (Å²) in [5.41, 5.74) is 0.271. The number of amides is 1. The molecule has 1 aromatic carbocycles. The van der Waals surface area contributed by atoms with Crippen LogP contribution in [0.5, 0.6) is 5.75 Å². The van der Waals surface area contributed by atoms with Crippen molar-refractivity contribution in [3.05, 3.63) is 35.7 Å². The molecule has 0 saturated carbocycles. The molecule has 0 aromatic heterocycles. The molecule has 1 rings (SSSR count). The second-order valence-electron chi connectivity index (χ2n) is 5.18. The number of benzene rings is 1. The molecule has 0 bridgehead atoms. The maximum atomic E-state index is 13.2. The van der Waals surface area contributed by atoms with Crippen molar-refractivity contribution in [1.29, 1.82) is 0 Å². The van der Waals surface area contributed by atoms with E-state index in [1.807, 2.05) is 0 Å². The molecule has 0 aliphatic carbocycles. The van der Waals surface area contributed by atoms with E-state index in [-0.39, 0.29) is 5.75 Å². The number of methoxy groups -OCH3 is 1. The first-order valence-electron chi connectivity index (χ1n) is 6.29. The Hall–Kier alpha value is -2.04. The van der Waals surface area contributed by atoms with Crippen LogP contribution in [-0.2, 0) is 4.74 Å². The van der Waals surface area contributed by atoms with Gasteiger partial charge in [-0.05, 0) is 38.5 Å². The van der Waals surface area contributed by atoms with Gasteiger partial charge >= 0.3 is 6.09 Å². The molecule has 1 amide bonds. The highest BCUT2D eigenvalue weighted by atomic mass is 19.1. The van der Waals surface area contributed by atoms with Crippen molar-refractivity contribution >= 4 is 12.2 Å². The summed E-state index contributed by atoms with van der Waals surface area (Å²) in [6, 6.07) is 4.54. The molecule has 0 aliphatic rings. The summed E-state index contributed by atoms with van der Waals surface area (Å²) >= 11 is 0. The summed E-state index contributed by atoms with van der Waals surface area (Å²) in [5.74, 6) is -0.219. The van der Waals surface area contributed by atoms with Gasteiger partial charge in [0.15, 0.2) is 11.6 Å². The molecule has 110 valence electrons. The zero-order valence-corrected chi connectivity index (χ0v) is 12.2. The van der Waals surface area contributed by atoms with Crippen LogP contribution in [0.25, 0.3) is 6.08 Å². The van der Waals surface area contributed by atoms with Crippen molar-refractivity contribution < 1.29 is 18.7 Å². The van der Waals surface area contributed by atoms with Gasteiger partial charge < -0.3 is 14.8 Å². The quantitative estimate of drug-likeness (QED) is 0.920. The Morgan fingerprint density at radius 3 is 2.70 bits per heavy atom. The van der Waals surface area contributed by atoms with Gasteiger partial charge in [-0.15, -0.1) is 0 Å². The third-order valence-corrected chi connectivity index (χ3v) is 2.25. The van der Waals surface area contributed by atoms with Crippen molar-refractivity contribution in [3.63, 3.8) is 0 Å². The lowest BCUT2D eigenvalue weighted by atomic mass is 10.2. The number of halogens is 1. The van der Waals surface area contributed by atoms with Crippen molar-refractivity contribution in [2.24, 2.45) is 0 Å². The fourth-order valence-corrected chi connectivity index (χ4v) is 1.43. The summed E-state index contributed by atoms with van der Waals surface area (Å²) < 4.78 is 23.2. The number of ether oxygens (including phenoxy) is 2. The van der Waals surface area contributed by atoms with E-state index in [0.29, 0.717) is 6.54 Å². The molecule has 4 nitrogen and oxygen atoms in total. The average Bonchev–Trinajstić information content (AvgIpc) is 2.34. The van der Waals surface area contributed by atoms with E-state index in [9.17, 15) is 9.18 Å². The molecule has 0 heterocycles. The van der Waals surface area contributed by atoms with Crippen LogP contribution in [0.1, 0.15) is 26.3 Å². The molecule has 1 N–H and O–H groups in total. The topological polar surface area (TPSA) is 47.6 Å². The second kappa shape index (κ2) is 6.93. The van der Waals surface area contributed by atoms with E-state index in [4.69, 9.17) is 9.47 Å². The third kappa shape index (κ3) is 5.73. The van der Waals surface area contributed by atoms with Gasteiger partial charge in [0.25, 0.3) is 0 Å². The molecule has 0 saturated heterocycles. The highest BCUT2D eigenvalue weighted by Gasteiger charge is 2.14.